The van der Waals surface area contributed by atoms with E-state index in [9.17, 15) is 39.6 Å². The molecule has 0 unspecified atom stereocenters. The first kappa shape index (κ1) is 22.3. The van der Waals surface area contributed by atoms with Crippen LogP contribution in [0.25, 0.3) is 0 Å². The maximum absolute atomic E-state index is 12.9. The lowest BCUT2D eigenvalue weighted by Crippen LogP contribution is -2.19. The van der Waals surface area contributed by atoms with E-state index in [1.54, 1.807) is 0 Å². The Balaban J connectivity index is 2.50. The third-order valence-electron chi connectivity index (χ3n) is 3.46. The summed E-state index contributed by atoms with van der Waals surface area (Å²) in [4.78, 5) is 11.4. The van der Waals surface area contributed by atoms with Gasteiger partial charge in [0.15, 0.2) is 9.84 Å². The molecule has 0 aliphatic rings. The molecule has 0 atom stereocenters. The van der Waals surface area contributed by atoms with E-state index in [2.05, 4.69) is 20.3 Å². The van der Waals surface area contributed by atoms with Gasteiger partial charge in [-0.25, -0.2) is 8.42 Å². The van der Waals surface area contributed by atoms with Crippen molar-refractivity contribution in [3.63, 3.8) is 0 Å². The summed E-state index contributed by atoms with van der Waals surface area (Å²) in [7, 11) is -4.26. The van der Waals surface area contributed by atoms with E-state index in [4.69, 9.17) is 0 Å². The number of rotatable bonds is 4. The van der Waals surface area contributed by atoms with Gasteiger partial charge in [0.2, 0.25) is 11.6 Å². The van der Waals surface area contributed by atoms with E-state index in [1.807, 2.05) is 5.32 Å². The van der Waals surface area contributed by atoms with Gasteiger partial charge in [-0.05, 0) is 34.1 Å². The zero-order valence-electron chi connectivity index (χ0n) is 13.7. The largest absolute Gasteiger partial charge is 0.449 e. The minimum atomic E-state index is -4.86. The average molecular weight is 494 g/mol. The third kappa shape index (κ3) is 4.69. The first-order valence-electron chi connectivity index (χ1n) is 7.28. The van der Waals surface area contributed by atoms with Gasteiger partial charge in [0.25, 0.3) is 5.91 Å². The topological polar surface area (TPSA) is 76.4 Å². The smallest absolute Gasteiger partial charge is 0.434 e. The number of hydrogen-bond acceptors (Lipinski definition) is 4. The number of carbonyl (C=O) groups is 1. The zero-order valence-corrected chi connectivity index (χ0v) is 16.1. The van der Waals surface area contributed by atoms with Crippen LogP contribution in [0, 0.1) is 0 Å². The number of sulfone groups is 1. The zero-order chi connectivity index (χ0) is 21.5. The summed E-state index contributed by atoms with van der Waals surface area (Å²) in [6.45, 7) is 1.16. The quantitative estimate of drug-likeness (QED) is 0.599. The Kier molecular flexibility index (Phi) is 5.91. The number of halogens is 7. The highest BCUT2D eigenvalue weighted by atomic mass is 79.9. The number of amides is 1. The summed E-state index contributed by atoms with van der Waals surface area (Å²) in [5, 5.41) is 1.92. The molecule has 0 saturated carbocycles. The second-order valence-electron chi connectivity index (χ2n) is 5.35. The van der Waals surface area contributed by atoms with E-state index in [0.29, 0.717) is 24.3 Å². The van der Waals surface area contributed by atoms with Gasteiger partial charge in [-0.3, -0.25) is 10.1 Å². The van der Waals surface area contributed by atoms with Gasteiger partial charge < -0.3 is 4.42 Å². The molecule has 5 nitrogen and oxygen atoms in total. The van der Waals surface area contributed by atoms with Crippen LogP contribution in [0.1, 0.15) is 28.6 Å². The molecule has 0 bridgehead atoms. The van der Waals surface area contributed by atoms with E-state index in [0.717, 1.165) is 6.92 Å². The maximum atomic E-state index is 12.9. The van der Waals surface area contributed by atoms with Crippen LogP contribution in [-0.2, 0) is 22.2 Å². The van der Waals surface area contributed by atoms with Gasteiger partial charge in [0, 0.05) is 6.07 Å². The van der Waals surface area contributed by atoms with Crippen molar-refractivity contribution in [1.29, 1.82) is 0 Å². The van der Waals surface area contributed by atoms with Crippen LogP contribution >= 0.6 is 15.9 Å². The molecule has 13 heteroatoms. The molecule has 154 valence electrons. The molecule has 0 saturated heterocycles. The van der Waals surface area contributed by atoms with Crippen molar-refractivity contribution in [2.45, 2.75) is 24.2 Å². The van der Waals surface area contributed by atoms with E-state index < -0.39 is 61.5 Å². The SMILES string of the molecule is CCS(=O)(=O)c1cc(C(F)(F)F)ccc1C(=O)Nc1oc(C(F)(F)F)cc1Br. The Bertz CT molecular complexity index is 1010. The first-order chi connectivity index (χ1) is 12.7. The van der Waals surface area contributed by atoms with Crippen LogP contribution in [0.15, 0.2) is 38.1 Å². The van der Waals surface area contributed by atoms with Crippen molar-refractivity contribution in [2.24, 2.45) is 0 Å². The van der Waals surface area contributed by atoms with Crippen LogP contribution in [0.5, 0.6) is 0 Å². The molecule has 28 heavy (non-hydrogen) atoms. The molecule has 0 spiro atoms. The predicted molar refractivity (Wildman–Crippen MR) is 88.5 cm³/mol. The number of hydrogen-bond donors (Lipinski definition) is 1. The monoisotopic (exact) mass is 493 g/mol. The standard InChI is InChI=1S/C15H10BrF6NO4S/c1-2-28(25,26)10-5-7(14(17,18)19)3-4-8(10)12(24)23-13-9(16)6-11(27-13)15(20,21)22/h3-6H,2H2,1H3,(H,23,24). The Labute approximate surface area is 162 Å². The molecule has 1 aromatic heterocycles. The molecular weight excluding hydrogens is 484 g/mol. The normalized spacial score (nSPS) is 12.9. The van der Waals surface area contributed by atoms with Gasteiger partial charge >= 0.3 is 12.4 Å². The number of nitrogens with one attached hydrogen (secondary N) is 1. The lowest BCUT2D eigenvalue weighted by Gasteiger charge is -2.13. The molecule has 2 rings (SSSR count). The van der Waals surface area contributed by atoms with Crippen LogP contribution in [0.2, 0.25) is 0 Å². The average Bonchev–Trinajstić information content (AvgIpc) is 2.94. The molecule has 1 N–H and O–H groups in total. The second kappa shape index (κ2) is 7.43. The van der Waals surface area contributed by atoms with Crippen molar-refractivity contribution in [3.05, 3.63) is 45.6 Å². The van der Waals surface area contributed by atoms with E-state index in [-0.39, 0.29) is 4.47 Å². The minimum Gasteiger partial charge on any atom is -0.434 e. The molecule has 0 aliphatic heterocycles. The third-order valence-corrected chi connectivity index (χ3v) is 5.82. The van der Waals surface area contributed by atoms with E-state index >= 15 is 0 Å². The van der Waals surface area contributed by atoms with Crippen molar-refractivity contribution >= 4 is 37.6 Å². The summed E-state index contributed by atoms with van der Waals surface area (Å²) < 4.78 is 105. The molecule has 0 fully saturated rings. The van der Waals surface area contributed by atoms with Gasteiger partial charge in [0.05, 0.1) is 26.2 Å². The van der Waals surface area contributed by atoms with Crippen molar-refractivity contribution in [2.75, 3.05) is 11.1 Å². The van der Waals surface area contributed by atoms with Gasteiger partial charge in [0.1, 0.15) is 0 Å². The number of benzene rings is 1. The highest BCUT2D eigenvalue weighted by molar-refractivity contribution is 9.10. The summed E-state index contributed by atoms with van der Waals surface area (Å²) in [5.41, 5.74) is -1.97. The fourth-order valence-electron chi connectivity index (χ4n) is 2.06. The van der Waals surface area contributed by atoms with Gasteiger partial charge in [-0.15, -0.1) is 0 Å². The highest BCUT2D eigenvalue weighted by Crippen LogP contribution is 2.37. The van der Waals surface area contributed by atoms with Crippen LogP contribution in [0.3, 0.4) is 0 Å². The lowest BCUT2D eigenvalue weighted by molar-refractivity contribution is -0.152. The Morgan fingerprint density at radius 3 is 2.18 bits per heavy atom. The molecule has 1 aromatic carbocycles. The number of anilines is 1. The first-order valence-corrected chi connectivity index (χ1v) is 9.73. The lowest BCUT2D eigenvalue weighted by atomic mass is 10.1. The second-order valence-corrected chi connectivity index (χ2v) is 8.45. The Morgan fingerprint density at radius 1 is 1.11 bits per heavy atom. The van der Waals surface area contributed by atoms with Crippen LogP contribution in [-0.4, -0.2) is 20.1 Å². The van der Waals surface area contributed by atoms with Crippen molar-refractivity contribution in [1.82, 2.24) is 0 Å². The fourth-order valence-corrected chi connectivity index (χ4v) is 3.56. The maximum Gasteiger partial charge on any atom is 0.449 e. The fraction of sp³-hybridized carbons (Fsp3) is 0.267. The summed E-state index contributed by atoms with van der Waals surface area (Å²) in [5.74, 6) is -3.98. The molecule has 0 radical (unpaired) electrons. The number of carbonyl (C=O) groups excluding carboxylic acids is 1. The molecule has 1 amide bonds. The summed E-state index contributed by atoms with van der Waals surface area (Å²) in [6.07, 6.45) is -9.71. The minimum absolute atomic E-state index is 0.292. The van der Waals surface area contributed by atoms with Crippen LogP contribution < -0.4 is 5.32 Å². The molecular formula is C15H10BrF6NO4S. The predicted octanol–water partition coefficient (Wildman–Crippen LogP) is 5.13. The van der Waals surface area contributed by atoms with Gasteiger partial charge in [-0.2, -0.15) is 26.3 Å². The summed E-state index contributed by atoms with van der Waals surface area (Å²) in [6, 6.07) is 1.95. The molecule has 1 heterocycles. The van der Waals surface area contributed by atoms with Crippen molar-refractivity contribution in [3.8, 4) is 0 Å². The van der Waals surface area contributed by atoms with Crippen LogP contribution in [0.4, 0.5) is 32.2 Å². The molecule has 2 aromatic rings. The Morgan fingerprint density at radius 2 is 1.71 bits per heavy atom. The van der Waals surface area contributed by atoms with Gasteiger partial charge in [-0.1, -0.05) is 6.92 Å². The summed E-state index contributed by atoms with van der Waals surface area (Å²) >= 11 is 2.74. The van der Waals surface area contributed by atoms with Crippen molar-refractivity contribution < 1.29 is 44.0 Å². The molecule has 0 aliphatic carbocycles. The Hall–Kier alpha value is -2.02. The number of alkyl halides is 6. The van der Waals surface area contributed by atoms with E-state index in [1.165, 1.54) is 0 Å². The number of furan rings is 1. The highest BCUT2D eigenvalue weighted by Gasteiger charge is 2.37.